The lowest BCUT2D eigenvalue weighted by Gasteiger charge is -2.33. The Bertz CT molecular complexity index is 157. The third-order valence-corrected chi connectivity index (χ3v) is 3.87. The summed E-state index contributed by atoms with van der Waals surface area (Å²) in [6.07, 6.45) is 6.77. The van der Waals surface area contributed by atoms with Crippen molar-refractivity contribution in [2.45, 2.75) is 79.7 Å². The second-order valence-electron chi connectivity index (χ2n) is 6.03. The SMILES string of the molecule is CCC(CC)(CCCC(C)C)CNC(C)C. The molecule has 0 aromatic heterocycles. The molecular formula is C15H33N. The summed E-state index contributed by atoms with van der Waals surface area (Å²) in [5, 5.41) is 3.63. The monoisotopic (exact) mass is 227 g/mol. The van der Waals surface area contributed by atoms with Gasteiger partial charge in [0.2, 0.25) is 0 Å². The Labute approximate surface area is 103 Å². The molecule has 0 aromatic rings. The van der Waals surface area contributed by atoms with Crippen LogP contribution in [-0.2, 0) is 0 Å². The fraction of sp³-hybridized carbons (Fsp3) is 1.00. The van der Waals surface area contributed by atoms with Gasteiger partial charge in [-0.1, -0.05) is 54.4 Å². The molecule has 0 spiro atoms. The molecule has 0 aliphatic rings. The first kappa shape index (κ1) is 16.0. The molecule has 0 aliphatic carbocycles. The Hall–Kier alpha value is -0.0400. The lowest BCUT2D eigenvalue weighted by Crippen LogP contribution is -2.37. The minimum atomic E-state index is 0.541. The fourth-order valence-electron chi connectivity index (χ4n) is 2.25. The zero-order valence-electron chi connectivity index (χ0n) is 12.4. The summed E-state index contributed by atoms with van der Waals surface area (Å²) < 4.78 is 0. The van der Waals surface area contributed by atoms with Crippen LogP contribution in [0.2, 0.25) is 0 Å². The van der Waals surface area contributed by atoms with Gasteiger partial charge in [-0.05, 0) is 30.6 Å². The molecule has 0 rings (SSSR count). The van der Waals surface area contributed by atoms with Gasteiger partial charge >= 0.3 is 0 Å². The summed E-state index contributed by atoms with van der Waals surface area (Å²) in [6.45, 7) is 15.0. The third-order valence-electron chi connectivity index (χ3n) is 3.87. The molecule has 0 saturated carbocycles. The first-order valence-electron chi connectivity index (χ1n) is 7.19. The lowest BCUT2D eigenvalue weighted by molar-refractivity contribution is 0.211. The molecule has 0 fully saturated rings. The summed E-state index contributed by atoms with van der Waals surface area (Å²) in [7, 11) is 0. The Morgan fingerprint density at radius 1 is 1.00 bits per heavy atom. The van der Waals surface area contributed by atoms with Gasteiger partial charge in [0.25, 0.3) is 0 Å². The van der Waals surface area contributed by atoms with E-state index in [1.165, 1.54) is 38.6 Å². The smallest absolute Gasteiger partial charge is 0.00106 e. The molecule has 16 heavy (non-hydrogen) atoms. The standard InChI is InChI=1S/C15H33N/c1-7-15(8-2,12-16-14(5)6)11-9-10-13(3)4/h13-14,16H,7-12H2,1-6H3. The normalized spacial score (nSPS) is 12.8. The van der Waals surface area contributed by atoms with Crippen molar-refractivity contribution in [3.05, 3.63) is 0 Å². The fourth-order valence-corrected chi connectivity index (χ4v) is 2.25. The highest BCUT2D eigenvalue weighted by atomic mass is 14.9. The van der Waals surface area contributed by atoms with Gasteiger partial charge < -0.3 is 5.32 Å². The van der Waals surface area contributed by atoms with Gasteiger partial charge in [-0.2, -0.15) is 0 Å². The Balaban J connectivity index is 4.10. The van der Waals surface area contributed by atoms with Crippen molar-refractivity contribution in [2.75, 3.05) is 6.54 Å². The van der Waals surface area contributed by atoms with Gasteiger partial charge in [0, 0.05) is 12.6 Å². The van der Waals surface area contributed by atoms with E-state index in [2.05, 4.69) is 46.9 Å². The topological polar surface area (TPSA) is 12.0 Å². The predicted octanol–water partition coefficient (Wildman–Crippen LogP) is 4.62. The van der Waals surface area contributed by atoms with Crippen LogP contribution in [0, 0.1) is 11.3 Å². The van der Waals surface area contributed by atoms with Crippen LogP contribution in [-0.4, -0.2) is 12.6 Å². The number of rotatable bonds is 9. The molecule has 0 atom stereocenters. The average Bonchev–Trinajstić information content (AvgIpc) is 2.23. The molecule has 1 nitrogen and oxygen atoms in total. The predicted molar refractivity (Wildman–Crippen MR) is 74.8 cm³/mol. The molecule has 0 aliphatic heterocycles. The van der Waals surface area contributed by atoms with E-state index in [0.29, 0.717) is 11.5 Å². The molecule has 1 heteroatoms. The van der Waals surface area contributed by atoms with Crippen molar-refractivity contribution in [2.24, 2.45) is 11.3 Å². The van der Waals surface area contributed by atoms with Gasteiger partial charge in [-0.25, -0.2) is 0 Å². The quantitative estimate of drug-likeness (QED) is 0.606. The Kier molecular flexibility index (Phi) is 8.09. The second kappa shape index (κ2) is 8.11. The maximum absolute atomic E-state index is 3.63. The van der Waals surface area contributed by atoms with Crippen molar-refractivity contribution in [3.63, 3.8) is 0 Å². The van der Waals surface area contributed by atoms with Crippen LogP contribution in [0.5, 0.6) is 0 Å². The van der Waals surface area contributed by atoms with E-state index in [4.69, 9.17) is 0 Å². The third kappa shape index (κ3) is 6.52. The highest BCUT2D eigenvalue weighted by Crippen LogP contribution is 2.32. The first-order valence-corrected chi connectivity index (χ1v) is 7.19. The van der Waals surface area contributed by atoms with E-state index >= 15 is 0 Å². The van der Waals surface area contributed by atoms with Gasteiger partial charge in [0.1, 0.15) is 0 Å². The molecular weight excluding hydrogens is 194 g/mol. The molecule has 0 saturated heterocycles. The van der Waals surface area contributed by atoms with Gasteiger partial charge in [-0.15, -0.1) is 0 Å². The molecule has 0 radical (unpaired) electrons. The zero-order valence-corrected chi connectivity index (χ0v) is 12.4. The van der Waals surface area contributed by atoms with Crippen molar-refractivity contribution in [1.82, 2.24) is 5.32 Å². The van der Waals surface area contributed by atoms with Crippen molar-refractivity contribution in [1.29, 1.82) is 0 Å². The number of nitrogens with one attached hydrogen (secondary N) is 1. The van der Waals surface area contributed by atoms with Crippen LogP contribution in [0.3, 0.4) is 0 Å². The summed E-state index contributed by atoms with van der Waals surface area (Å²) in [5.74, 6) is 0.851. The zero-order chi connectivity index (χ0) is 12.6. The highest BCUT2D eigenvalue weighted by Gasteiger charge is 2.25. The number of hydrogen-bond donors (Lipinski definition) is 1. The summed E-state index contributed by atoms with van der Waals surface area (Å²) in [5.41, 5.74) is 0.541. The van der Waals surface area contributed by atoms with E-state index in [1.54, 1.807) is 0 Å². The van der Waals surface area contributed by atoms with Crippen molar-refractivity contribution in [3.8, 4) is 0 Å². The van der Waals surface area contributed by atoms with E-state index in [-0.39, 0.29) is 0 Å². The van der Waals surface area contributed by atoms with E-state index < -0.39 is 0 Å². The molecule has 0 heterocycles. The van der Waals surface area contributed by atoms with Crippen LogP contribution in [0.4, 0.5) is 0 Å². The van der Waals surface area contributed by atoms with Crippen LogP contribution >= 0.6 is 0 Å². The van der Waals surface area contributed by atoms with Crippen LogP contribution in [0.1, 0.15) is 73.6 Å². The van der Waals surface area contributed by atoms with Crippen LogP contribution in [0.15, 0.2) is 0 Å². The Morgan fingerprint density at radius 2 is 1.56 bits per heavy atom. The van der Waals surface area contributed by atoms with E-state index in [9.17, 15) is 0 Å². The van der Waals surface area contributed by atoms with Gasteiger partial charge in [0.15, 0.2) is 0 Å². The summed E-state index contributed by atoms with van der Waals surface area (Å²) in [4.78, 5) is 0. The largest absolute Gasteiger partial charge is 0.314 e. The van der Waals surface area contributed by atoms with Crippen molar-refractivity contribution < 1.29 is 0 Å². The van der Waals surface area contributed by atoms with E-state index in [1.807, 2.05) is 0 Å². The first-order chi connectivity index (χ1) is 7.45. The molecule has 0 bridgehead atoms. The Morgan fingerprint density at radius 3 is 1.94 bits per heavy atom. The molecule has 0 unspecified atom stereocenters. The lowest BCUT2D eigenvalue weighted by atomic mass is 9.77. The minimum Gasteiger partial charge on any atom is -0.314 e. The summed E-state index contributed by atoms with van der Waals surface area (Å²) in [6, 6.07) is 0.613. The minimum absolute atomic E-state index is 0.541. The van der Waals surface area contributed by atoms with E-state index in [0.717, 1.165) is 5.92 Å². The van der Waals surface area contributed by atoms with Crippen LogP contribution < -0.4 is 5.32 Å². The van der Waals surface area contributed by atoms with Gasteiger partial charge in [0.05, 0.1) is 0 Å². The molecule has 98 valence electrons. The second-order valence-corrected chi connectivity index (χ2v) is 6.03. The average molecular weight is 227 g/mol. The molecule has 0 aromatic carbocycles. The maximum Gasteiger partial charge on any atom is 0.00106 e. The molecule has 1 N–H and O–H groups in total. The molecule has 0 amide bonds. The van der Waals surface area contributed by atoms with Gasteiger partial charge in [-0.3, -0.25) is 0 Å². The highest BCUT2D eigenvalue weighted by molar-refractivity contribution is 4.80. The summed E-state index contributed by atoms with van der Waals surface area (Å²) >= 11 is 0. The van der Waals surface area contributed by atoms with Crippen molar-refractivity contribution >= 4 is 0 Å². The maximum atomic E-state index is 3.63. The van der Waals surface area contributed by atoms with Crippen LogP contribution in [0.25, 0.3) is 0 Å². The number of hydrogen-bond acceptors (Lipinski definition) is 1.